The monoisotopic (exact) mass is 734 g/mol. The lowest BCUT2D eigenvalue weighted by molar-refractivity contribution is -0.118. The quantitative estimate of drug-likeness (QED) is 0.215. The zero-order valence-corrected chi connectivity index (χ0v) is 27.5. The van der Waals surface area contributed by atoms with E-state index in [1.54, 1.807) is 35.2 Å². The van der Waals surface area contributed by atoms with Gasteiger partial charge in [0.05, 0.1) is 37.0 Å². The lowest BCUT2D eigenvalue weighted by Crippen LogP contribution is -2.58. The zero-order valence-electron chi connectivity index (χ0n) is 25.3. The lowest BCUT2D eigenvalue weighted by Gasteiger charge is -2.44. The van der Waals surface area contributed by atoms with Crippen LogP contribution in [0.25, 0.3) is 11.0 Å². The molecule has 3 aromatic rings. The van der Waals surface area contributed by atoms with Crippen LogP contribution in [-0.4, -0.2) is 83.7 Å². The Morgan fingerprint density at radius 2 is 1.82 bits per heavy atom. The van der Waals surface area contributed by atoms with Gasteiger partial charge in [0, 0.05) is 30.0 Å². The number of para-hydroxylation sites is 1. The molecule has 11 nitrogen and oxygen atoms in total. The first-order chi connectivity index (χ1) is 21.8. The largest absolute Gasteiger partial charge is 0.493 e. The normalized spacial score (nSPS) is 20.4. The Kier molecular flexibility index (Phi) is 10.9. The van der Waals surface area contributed by atoms with Crippen molar-refractivity contribution in [3.05, 3.63) is 62.9 Å². The number of aliphatic hydroxyl groups is 3. The van der Waals surface area contributed by atoms with Crippen LogP contribution in [0, 0.1) is 3.57 Å². The van der Waals surface area contributed by atoms with E-state index < -0.39 is 24.2 Å². The van der Waals surface area contributed by atoms with Crippen LogP contribution in [0.2, 0.25) is 0 Å². The predicted octanol–water partition coefficient (Wildman–Crippen LogP) is 3.94. The van der Waals surface area contributed by atoms with Gasteiger partial charge >= 0.3 is 0 Å². The fourth-order valence-corrected chi connectivity index (χ4v) is 7.03. The molecule has 12 heteroatoms. The van der Waals surface area contributed by atoms with Crippen molar-refractivity contribution in [2.45, 2.75) is 69.4 Å². The Bertz CT molecular complexity index is 1550. The molecule has 2 aliphatic rings. The van der Waals surface area contributed by atoms with E-state index in [0.29, 0.717) is 42.9 Å². The highest BCUT2D eigenvalue weighted by Crippen LogP contribution is 2.39. The first kappa shape index (κ1) is 33.0. The molecule has 4 N–H and O–H groups in total. The molecule has 2 amide bonds. The third-order valence-electron chi connectivity index (χ3n) is 8.44. The minimum absolute atomic E-state index is 0.0509. The van der Waals surface area contributed by atoms with Gasteiger partial charge in [-0.25, -0.2) is 0 Å². The standard InChI is InChI=1S/C33H39IN2O9/c1-42-25-10-6-7-20-16-28(45-30(20)25)33(41)36(22-8-4-3-5-9-22)24-15-21(32(40)35-11-12-37)17-26(29(24)39)44-31-23(34)13-19(18-38)14-27(31)43-2/h6-7,10,13-14,16-17,22,24,26,29,37-39H,3-5,8-9,11-12,15,18H2,1-2H3,(H,35,40). The topological polar surface area (TPSA) is 151 Å². The van der Waals surface area contributed by atoms with E-state index in [1.807, 2.05) is 12.1 Å². The Morgan fingerprint density at radius 1 is 1.07 bits per heavy atom. The van der Waals surface area contributed by atoms with Crippen LogP contribution in [0.1, 0.15) is 54.6 Å². The van der Waals surface area contributed by atoms with Crippen LogP contribution >= 0.6 is 22.6 Å². The van der Waals surface area contributed by atoms with Crippen molar-refractivity contribution >= 4 is 45.4 Å². The molecule has 3 atom stereocenters. The maximum Gasteiger partial charge on any atom is 0.290 e. The van der Waals surface area contributed by atoms with Crippen molar-refractivity contribution in [2.24, 2.45) is 0 Å². The van der Waals surface area contributed by atoms with Gasteiger partial charge in [0.25, 0.3) is 5.91 Å². The third kappa shape index (κ3) is 7.08. The van der Waals surface area contributed by atoms with Crippen LogP contribution in [0.5, 0.6) is 17.2 Å². The SMILES string of the molecule is COc1cc(CO)cc(I)c1OC1C=C(C(=O)NCCO)CC(N(C(=O)c2cc3cccc(OC)c3o2)C2CCCCC2)C1O. The van der Waals surface area contributed by atoms with Crippen molar-refractivity contribution in [3.8, 4) is 17.2 Å². The molecule has 242 valence electrons. The number of benzene rings is 2. The Labute approximate surface area is 275 Å². The number of ether oxygens (including phenoxy) is 3. The number of rotatable bonds is 11. The number of halogens is 1. The van der Waals surface area contributed by atoms with Gasteiger partial charge in [0.2, 0.25) is 5.91 Å². The van der Waals surface area contributed by atoms with Crippen LogP contribution in [-0.2, 0) is 11.4 Å². The molecule has 0 bridgehead atoms. The van der Waals surface area contributed by atoms with E-state index in [4.69, 9.17) is 18.6 Å². The highest BCUT2D eigenvalue weighted by molar-refractivity contribution is 14.1. The molecule has 1 aromatic heterocycles. The summed E-state index contributed by atoms with van der Waals surface area (Å²) in [6.45, 7) is -0.378. The summed E-state index contributed by atoms with van der Waals surface area (Å²) in [6.07, 6.45) is 3.78. The van der Waals surface area contributed by atoms with Gasteiger partial charge in [-0.1, -0.05) is 31.4 Å². The summed E-state index contributed by atoms with van der Waals surface area (Å²) in [5.74, 6) is 0.503. The van der Waals surface area contributed by atoms with Gasteiger partial charge < -0.3 is 44.2 Å². The predicted molar refractivity (Wildman–Crippen MR) is 174 cm³/mol. The molecule has 45 heavy (non-hydrogen) atoms. The molecule has 1 saturated carbocycles. The summed E-state index contributed by atoms with van der Waals surface area (Å²) in [5, 5.41) is 34.4. The number of hydrogen-bond donors (Lipinski definition) is 4. The van der Waals surface area contributed by atoms with Crippen molar-refractivity contribution in [1.29, 1.82) is 0 Å². The summed E-state index contributed by atoms with van der Waals surface area (Å²) in [7, 11) is 3.02. The van der Waals surface area contributed by atoms with E-state index in [-0.39, 0.29) is 43.9 Å². The average molecular weight is 735 g/mol. The number of aliphatic hydroxyl groups excluding tert-OH is 3. The molecule has 2 aliphatic carbocycles. The lowest BCUT2D eigenvalue weighted by atomic mass is 9.85. The second kappa shape index (κ2) is 14.8. The minimum Gasteiger partial charge on any atom is -0.493 e. The molecule has 5 rings (SSSR count). The Hall–Kier alpha value is -3.33. The number of furan rings is 1. The Balaban J connectivity index is 1.56. The third-order valence-corrected chi connectivity index (χ3v) is 9.24. The highest BCUT2D eigenvalue weighted by atomic mass is 127. The summed E-state index contributed by atoms with van der Waals surface area (Å²) in [6, 6.07) is 9.47. The summed E-state index contributed by atoms with van der Waals surface area (Å²) in [4.78, 5) is 29.4. The number of hydrogen-bond acceptors (Lipinski definition) is 9. The molecular weight excluding hydrogens is 695 g/mol. The van der Waals surface area contributed by atoms with Crippen molar-refractivity contribution in [1.82, 2.24) is 10.2 Å². The molecular formula is C33H39IN2O9. The smallest absolute Gasteiger partial charge is 0.290 e. The van der Waals surface area contributed by atoms with Crippen molar-refractivity contribution < 1.29 is 43.5 Å². The number of carbonyl (C=O) groups is 2. The first-order valence-corrected chi connectivity index (χ1v) is 16.2. The fourth-order valence-electron chi connectivity index (χ4n) is 6.24. The molecule has 0 aliphatic heterocycles. The summed E-state index contributed by atoms with van der Waals surface area (Å²) in [5.41, 5.74) is 1.40. The number of nitrogens with one attached hydrogen (secondary N) is 1. The Morgan fingerprint density at radius 3 is 2.51 bits per heavy atom. The zero-order chi connectivity index (χ0) is 32.1. The van der Waals surface area contributed by atoms with Gasteiger partial charge in [-0.2, -0.15) is 0 Å². The van der Waals surface area contributed by atoms with Gasteiger partial charge in [-0.15, -0.1) is 0 Å². The second-order valence-corrected chi connectivity index (χ2v) is 12.4. The summed E-state index contributed by atoms with van der Waals surface area (Å²) < 4.78 is 24.1. The van der Waals surface area contributed by atoms with Crippen LogP contribution in [0.15, 0.2) is 52.5 Å². The first-order valence-electron chi connectivity index (χ1n) is 15.1. The van der Waals surface area contributed by atoms with Crippen LogP contribution < -0.4 is 19.5 Å². The number of fused-ring (bicyclic) bond motifs is 1. The fraction of sp³-hybridized carbons (Fsp3) is 0.455. The van der Waals surface area contributed by atoms with Gasteiger partial charge in [-0.05, 0) is 71.3 Å². The van der Waals surface area contributed by atoms with Gasteiger partial charge in [0.15, 0.2) is 28.6 Å². The maximum atomic E-state index is 14.4. The van der Waals surface area contributed by atoms with E-state index in [0.717, 1.165) is 32.1 Å². The summed E-state index contributed by atoms with van der Waals surface area (Å²) >= 11 is 2.07. The molecule has 1 heterocycles. The van der Waals surface area contributed by atoms with Crippen molar-refractivity contribution in [2.75, 3.05) is 27.4 Å². The van der Waals surface area contributed by atoms with E-state index >= 15 is 0 Å². The molecule has 0 radical (unpaired) electrons. The second-order valence-electron chi connectivity index (χ2n) is 11.3. The molecule has 0 spiro atoms. The number of amides is 2. The molecule has 3 unspecified atom stereocenters. The average Bonchev–Trinajstić information content (AvgIpc) is 3.51. The molecule has 1 fully saturated rings. The molecule has 2 aromatic carbocycles. The minimum atomic E-state index is -1.22. The van der Waals surface area contributed by atoms with E-state index in [1.165, 1.54) is 14.2 Å². The number of carbonyl (C=O) groups excluding carboxylic acids is 2. The number of methoxy groups -OCH3 is 2. The van der Waals surface area contributed by atoms with E-state index in [9.17, 15) is 24.9 Å². The van der Waals surface area contributed by atoms with Gasteiger partial charge in [0.1, 0.15) is 12.2 Å². The van der Waals surface area contributed by atoms with Crippen LogP contribution in [0.4, 0.5) is 0 Å². The van der Waals surface area contributed by atoms with Gasteiger partial charge in [-0.3, -0.25) is 9.59 Å². The number of nitrogens with zero attached hydrogens (tertiary/aromatic N) is 1. The van der Waals surface area contributed by atoms with Crippen molar-refractivity contribution in [3.63, 3.8) is 0 Å². The van der Waals surface area contributed by atoms with Crippen LogP contribution in [0.3, 0.4) is 0 Å². The molecule has 0 saturated heterocycles. The highest BCUT2D eigenvalue weighted by Gasteiger charge is 2.44. The maximum absolute atomic E-state index is 14.4. The van der Waals surface area contributed by atoms with E-state index in [2.05, 4.69) is 27.9 Å².